The Labute approximate surface area is 188 Å². The third-order valence-electron chi connectivity index (χ3n) is 5.73. The van der Waals surface area contributed by atoms with Crippen molar-refractivity contribution in [3.8, 4) is 22.5 Å². The number of nitrogens with one attached hydrogen (secondary N) is 1. The zero-order valence-corrected chi connectivity index (χ0v) is 19.0. The van der Waals surface area contributed by atoms with Crippen molar-refractivity contribution in [2.75, 3.05) is 0 Å². The number of aromatic nitrogens is 8. The number of unbranched alkanes of at least 4 members (excludes halogenated alkanes) is 2. The first-order valence-corrected chi connectivity index (χ1v) is 11.4. The smallest absolute Gasteiger partial charge is 0.206 e. The van der Waals surface area contributed by atoms with E-state index in [1.165, 1.54) is 5.56 Å². The Kier molecular flexibility index (Phi) is 6.99. The quantitative estimate of drug-likeness (QED) is 0.387. The van der Waals surface area contributed by atoms with Crippen LogP contribution in [0.25, 0.3) is 22.5 Å². The lowest BCUT2D eigenvalue weighted by Gasteiger charge is -2.16. The average Bonchev–Trinajstić information content (AvgIpc) is 3.51. The first kappa shape index (κ1) is 21.8. The van der Waals surface area contributed by atoms with E-state index < -0.39 is 0 Å². The number of rotatable bonds is 10. The highest BCUT2D eigenvalue weighted by molar-refractivity contribution is 5.79. The van der Waals surface area contributed by atoms with Crippen LogP contribution in [0, 0.1) is 0 Å². The summed E-state index contributed by atoms with van der Waals surface area (Å²) in [4.78, 5) is 9.09. The van der Waals surface area contributed by atoms with Gasteiger partial charge in [-0.25, -0.2) is 9.67 Å². The molecule has 4 aromatic rings. The van der Waals surface area contributed by atoms with Crippen LogP contribution in [0.2, 0.25) is 0 Å². The number of hydrogen-bond donors (Lipinski definition) is 1. The average molecular weight is 431 g/mol. The standard InChI is InChI=1S/C24H30N8/c1-4-6-8-22-26-23(9-7-5-2)32(29-22)17(3)18-10-12-19(13-11-18)20-14-15-25-16-21(20)24-27-30-31-28-24/h10-17H,4-9H2,1-3H3,(H,27,28,30,31). The Hall–Kier alpha value is -3.42. The molecule has 0 fully saturated rings. The van der Waals surface area contributed by atoms with Crippen molar-refractivity contribution in [3.05, 3.63) is 59.9 Å². The second kappa shape index (κ2) is 10.3. The molecule has 0 radical (unpaired) electrons. The van der Waals surface area contributed by atoms with Gasteiger partial charge in [-0.3, -0.25) is 4.98 Å². The summed E-state index contributed by atoms with van der Waals surface area (Å²) < 4.78 is 2.12. The molecular formula is C24H30N8. The van der Waals surface area contributed by atoms with E-state index in [1.807, 2.05) is 6.07 Å². The highest BCUT2D eigenvalue weighted by atomic mass is 15.5. The molecule has 0 spiro atoms. The number of tetrazole rings is 1. The summed E-state index contributed by atoms with van der Waals surface area (Å²) in [5.41, 5.74) is 4.15. The highest BCUT2D eigenvalue weighted by Gasteiger charge is 2.17. The lowest BCUT2D eigenvalue weighted by molar-refractivity contribution is 0.522. The number of aromatic amines is 1. The van der Waals surface area contributed by atoms with Crippen LogP contribution in [0.1, 0.15) is 69.7 Å². The number of benzene rings is 1. The second-order valence-electron chi connectivity index (χ2n) is 8.05. The summed E-state index contributed by atoms with van der Waals surface area (Å²) >= 11 is 0. The minimum absolute atomic E-state index is 0.118. The molecule has 0 aliphatic carbocycles. The van der Waals surface area contributed by atoms with Gasteiger partial charge >= 0.3 is 0 Å². The van der Waals surface area contributed by atoms with Gasteiger partial charge in [-0.2, -0.15) is 10.3 Å². The fourth-order valence-corrected chi connectivity index (χ4v) is 3.84. The Morgan fingerprint density at radius 3 is 2.47 bits per heavy atom. The lowest BCUT2D eigenvalue weighted by Crippen LogP contribution is -2.12. The zero-order chi connectivity index (χ0) is 22.3. The molecule has 0 amide bonds. The number of pyridine rings is 1. The minimum atomic E-state index is 0.118. The Morgan fingerprint density at radius 1 is 0.969 bits per heavy atom. The third-order valence-corrected chi connectivity index (χ3v) is 5.73. The van der Waals surface area contributed by atoms with Gasteiger partial charge in [-0.05, 0) is 47.7 Å². The van der Waals surface area contributed by atoms with Gasteiger partial charge in [0.1, 0.15) is 5.82 Å². The molecule has 4 rings (SSSR count). The van der Waals surface area contributed by atoms with Crippen LogP contribution in [-0.4, -0.2) is 40.4 Å². The predicted octanol–water partition coefficient (Wildman–Crippen LogP) is 4.81. The van der Waals surface area contributed by atoms with E-state index in [9.17, 15) is 0 Å². The van der Waals surface area contributed by atoms with E-state index in [1.54, 1.807) is 12.4 Å². The van der Waals surface area contributed by atoms with Gasteiger partial charge in [-0.1, -0.05) is 51.0 Å². The van der Waals surface area contributed by atoms with Crippen molar-refractivity contribution in [1.29, 1.82) is 0 Å². The molecule has 1 atom stereocenters. The largest absolute Gasteiger partial charge is 0.264 e. The van der Waals surface area contributed by atoms with Crippen LogP contribution in [0.15, 0.2) is 42.7 Å². The topological polar surface area (TPSA) is 98.1 Å². The molecule has 3 aromatic heterocycles. The maximum absolute atomic E-state index is 4.88. The van der Waals surface area contributed by atoms with Crippen LogP contribution >= 0.6 is 0 Å². The molecule has 166 valence electrons. The van der Waals surface area contributed by atoms with Crippen molar-refractivity contribution in [3.63, 3.8) is 0 Å². The summed E-state index contributed by atoms with van der Waals surface area (Å²) in [5.74, 6) is 2.58. The number of aryl methyl sites for hydroxylation is 2. The van der Waals surface area contributed by atoms with Crippen molar-refractivity contribution in [1.82, 2.24) is 40.4 Å². The van der Waals surface area contributed by atoms with E-state index in [-0.39, 0.29) is 6.04 Å². The van der Waals surface area contributed by atoms with Crippen LogP contribution < -0.4 is 0 Å². The SMILES string of the molecule is CCCCc1nc(CCCC)n(C(C)c2ccc(-c3ccncc3-c3nn[nH]n3)cc2)n1. The van der Waals surface area contributed by atoms with Crippen LogP contribution in [0.4, 0.5) is 0 Å². The number of H-pyrrole nitrogens is 1. The molecule has 1 aromatic carbocycles. The molecule has 0 saturated carbocycles. The molecule has 0 aliphatic rings. The second-order valence-corrected chi connectivity index (χ2v) is 8.05. The maximum atomic E-state index is 4.88. The lowest BCUT2D eigenvalue weighted by atomic mass is 9.98. The fraction of sp³-hybridized carbons (Fsp3) is 0.417. The van der Waals surface area contributed by atoms with Gasteiger partial charge in [0.15, 0.2) is 5.82 Å². The highest BCUT2D eigenvalue weighted by Crippen LogP contribution is 2.30. The van der Waals surface area contributed by atoms with E-state index in [0.29, 0.717) is 5.82 Å². The molecule has 32 heavy (non-hydrogen) atoms. The first-order valence-electron chi connectivity index (χ1n) is 11.4. The molecule has 8 nitrogen and oxygen atoms in total. The summed E-state index contributed by atoms with van der Waals surface area (Å²) in [7, 11) is 0. The van der Waals surface area contributed by atoms with E-state index in [2.05, 4.69) is 75.3 Å². The molecule has 1 unspecified atom stereocenters. The van der Waals surface area contributed by atoms with Crippen LogP contribution in [0.5, 0.6) is 0 Å². The predicted molar refractivity (Wildman–Crippen MR) is 124 cm³/mol. The third kappa shape index (κ3) is 4.74. The van der Waals surface area contributed by atoms with Crippen LogP contribution in [0.3, 0.4) is 0 Å². The van der Waals surface area contributed by atoms with Crippen molar-refractivity contribution in [2.24, 2.45) is 0 Å². The Balaban J connectivity index is 1.61. The van der Waals surface area contributed by atoms with E-state index in [0.717, 1.165) is 66.9 Å². The molecule has 0 saturated heterocycles. The molecule has 0 aliphatic heterocycles. The van der Waals surface area contributed by atoms with Crippen molar-refractivity contribution < 1.29 is 0 Å². The van der Waals surface area contributed by atoms with E-state index in [4.69, 9.17) is 10.1 Å². The van der Waals surface area contributed by atoms with Crippen molar-refractivity contribution >= 4 is 0 Å². The van der Waals surface area contributed by atoms with Gasteiger partial charge in [0.2, 0.25) is 5.82 Å². The first-order chi connectivity index (χ1) is 15.7. The zero-order valence-electron chi connectivity index (χ0n) is 19.0. The van der Waals surface area contributed by atoms with Gasteiger partial charge in [0, 0.05) is 30.8 Å². The molecule has 0 bridgehead atoms. The summed E-state index contributed by atoms with van der Waals surface area (Å²) in [6, 6.07) is 10.7. The molecular weight excluding hydrogens is 400 g/mol. The molecule has 8 heteroatoms. The summed E-state index contributed by atoms with van der Waals surface area (Å²) in [6.45, 7) is 6.61. The van der Waals surface area contributed by atoms with E-state index >= 15 is 0 Å². The Bertz CT molecular complexity index is 1120. The summed E-state index contributed by atoms with van der Waals surface area (Å²) in [5, 5.41) is 19.3. The molecule has 3 heterocycles. The normalized spacial score (nSPS) is 12.2. The van der Waals surface area contributed by atoms with Gasteiger partial charge < -0.3 is 0 Å². The minimum Gasteiger partial charge on any atom is -0.264 e. The van der Waals surface area contributed by atoms with Crippen molar-refractivity contribution in [2.45, 2.75) is 65.3 Å². The monoisotopic (exact) mass is 430 g/mol. The van der Waals surface area contributed by atoms with Gasteiger partial charge in [-0.15, -0.1) is 10.2 Å². The Morgan fingerprint density at radius 2 is 1.75 bits per heavy atom. The fourth-order valence-electron chi connectivity index (χ4n) is 3.84. The molecule has 1 N–H and O–H groups in total. The van der Waals surface area contributed by atoms with Gasteiger partial charge in [0.25, 0.3) is 0 Å². The maximum Gasteiger partial charge on any atom is 0.206 e. The number of nitrogens with zero attached hydrogens (tertiary/aromatic N) is 7. The van der Waals surface area contributed by atoms with Crippen LogP contribution in [-0.2, 0) is 12.8 Å². The number of hydrogen-bond acceptors (Lipinski definition) is 6. The summed E-state index contributed by atoms with van der Waals surface area (Å²) in [6.07, 6.45) is 9.99. The van der Waals surface area contributed by atoms with Gasteiger partial charge in [0.05, 0.1) is 6.04 Å².